The lowest BCUT2D eigenvalue weighted by molar-refractivity contribution is 0.132. The van der Waals surface area contributed by atoms with Gasteiger partial charge >= 0.3 is 0 Å². The number of hydrogen-bond donors (Lipinski definition) is 0. The first-order valence-electron chi connectivity index (χ1n) is 10.1. The predicted molar refractivity (Wildman–Crippen MR) is 126 cm³/mol. The molecule has 0 aliphatic rings. The molecule has 0 saturated heterocycles. The third-order valence-corrected chi connectivity index (χ3v) is 6.58. The molecule has 0 aliphatic heterocycles. The quantitative estimate of drug-likeness (QED) is 0.499. The number of rotatable bonds is 5. The van der Waals surface area contributed by atoms with Gasteiger partial charge in [0, 0.05) is 10.6 Å². The van der Waals surface area contributed by atoms with Crippen molar-refractivity contribution in [3.63, 3.8) is 0 Å². The van der Waals surface area contributed by atoms with Crippen LogP contribution in [0.5, 0.6) is 11.5 Å². The van der Waals surface area contributed by atoms with Crippen molar-refractivity contribution < 1.29 is 9.47 Å². The maximum absolute atomic E-state index is 6.37. The first-order chi connectivity index (χ1) is 13.6. The second kappa shape index (κ2) is 8.59. The van der Waals surface area contributed by atoms with Crippen molar-refractivity contribution in [2.24, 2.45) is 0 Å². The molecule has 3 aromatic rings. The second-order valence-electron chi connectivity index (χ2n) is 9.04. The zero-order valence-corrected chi connectivity index (χ0v) is 19.2. The Morgan fingerprint density at radius 2 is 0.897 bits per heavy atom. The molecule has 0 amide bonds. The highest BCUT2D eigenvalue weighted by atomic mass is 31.1. The highest BCUT2D eigenvalue weighted by molar-refractivity contribution is 7.80. The topological polar surface area (TPSA) is 18.5 Å². The molecule has 0 bridgehead atoms. The normalized spacial score (nSPS) is 12.1. The van der Waals surface area contributed by atoms with Crippen molar-refractivity contribution in [3.05, 3.63) is 78.9 Å². The van der Waals surface area contributed by atoms with Gasteiger partial charge in [-0.05, 0) is 66.9 Å². The van der Waals surface area contributed by atoms with E-state index in [0.29, 0.717) is 0 Å². The average molecular weight is 407 g/mol. The third-order valence-electron chi connectivity index (χ3n) is 4.06. The molecular formula is C26H31O2P. The lowest BCUT2D eigenvalue weighted by Crippen LogP contribution is -2.30. The molecule has 0 saturated carbocycles. The Hall–Kier alpha value is -2.31. The van der Waals surface area contributed by atoms with Crippen molar-refractivity contribution in [3.8, 4) is 11.5 Å². The van der Waals surface area contributed by atoms with Gasteiger partial charge in [-0.2, -0.15) is 0 Å². The van der Waals surface area contributed by atoms with Crippen LogP contribution in [0.4, 0.5) is 0 Å². The summed E-state index contributed by atoms with van der Waals surface area (Å²) >= 11 is 0. The molecule has 0 aromatic heterocycles. The summed E-state index contributed by atoms with van der Waals surface area (Å²) in [5.41, 5.74) is -0.537. The van der Waals surface area contributed by atoms with Gasteiger partial charge < -0.3 is 9.47 Å². The first-order valence-corrected chi connectivity index (χ1v) is 11.4. The summed E-state index contributed by atoms with van der Waals surface area (Å²) < 4.78 is 12.7. The van der Waals surface area contributed by atoms with E-state index in [2.05, 4.69) is 108 Å². The van der Waals surface area contributed by atoms with Gasteiger partial charge in [-0.3, -0.25) is 0 Å². The highest BCUT2D eigenvalue weighted by Crippen LogP contribution is 2.40. The van der Waals surface area contributed by atoms with Crippen LogP contribution in [0.15, 0.2) is 78.9 Å². The van der Waals surface area contributed by atoms with Crippen LogP contribution in [-0.4, -0.2) is 11.2 Å². The van der Waals surface area contributed by atoms with Crippen molar-refractivity contribution in [2.45, 2.75) is 52.7 Å². The van der Waals surface area contributed by atoms with Crippen molar-refractivity contribution in [1.82, 2.24) is 0 Å². The molecule has 3 heteroatoms. The maximum Gasteiger partial charge on any atom is 0.128 e. The summed E-state index contributed by atoms with van der Waals surface area (Å²) in [6, 6.07) is 27.5. The van der Waals surface area contributed by atoms with Crippen LogP contribution in [0.2, 0.25) is 0 Å². The smallest absolute Gasteiger partial charge is 0.128 e. The molecular weight excluding hydrogens is 375 g/mol. The molecule has 0 fully saturated rings. The molecule has 3 aromatic carbocycles. The first kappa shape index (κ1) is 21.4. The fourth-order valence-corrected chi connectivity index (χ4v) is 5.54. The minimum absolute atomic E-state index is 0.269. The van der Waals surface area contributed by atoms with Crippen LogP contribution in [0.25, 0.3) is 0 Å². The van der Waals surface area contributed by atoms with Crippen molar-refractivity contribution in [2.75, 3.05) is 0 Å². The van der Waals surface area contributed by atoms with Crippen LogP contribution in [-0.2, 0) is 0 Å². The highest BCUT2D eigenvalue weighted by Gasteiger charge is 2.26. The minimum atomic E-state index is -0.844. The van der Waals surface area contributed by atoms with Gasteiger partial charge in [0.05, 0.1) is 0 Å². The van der Waals surface area contributed by atoms with Gasteiger partial charge in [0.25, 0.3) is 0 Å². The lowest BCUT2D eigenvalue weighted by atomic mass is 10.2. The van der Waals surface area contributed by atoms with Crippen molar-refractivity contribution in [1.29, 1.82) is 0 Å². The van der Waals surface area contributed by atoms with E-state index in [-0.39, 0.29) is 11.2 Å². The zero-order valence-electron chi connectivity index (χ0n) is 18.3. The fraction of sp³-hybridized carbons (Fsp3) is 0.308. The summed E-state index contributed by atoms with van der Waals surface area (Å²) in [5, 5.41) is 3.68. The van der Waals surface area contributed by atoms with E-state index in [4.69, 9.17) is 9.47 Å². The molecule has 152 valence electrons. The minimum Gasteiger partial charge on any atom is -0.487 e. The molecule has 2 nitrogen and oxygen atoms in total. The number of hydrogen-bond acceptors (Lipinski definition) is 2. The second-order valence-corrected chi connectivity index (χ2v) is 11.2. The lowest BCUT2D eigenvalue weighted by Gasteiger charge is -2.29. The zero-order chi connectivity index (χ0) is 21.1. The average Bonchev–Trinajstić information content (AvgIpc) is 2.63. The van der Waals surface area contributed by atoms with Crippen LogP contribution in [0.1, 0.15) is 41.5 Å². The van der Waals surface area contributed by atoms with E-state index < -0.39 is 7.92 Å². The fourth-order valence-electron chi connectivity index (χ4n) is 3.10. The Kier molecular flexibility index (Phi) is 6.34. The molecule has 0 N–H and O–H groups in total. The summed E-state index contributed by atoms with van der Waals surface area (Å²) in [4.78, 5) is 0. The number of para-hydroxylation sites is 2. The van der Waals surface area contributed by atoms with E-state index in [1.807, 2.05) is 12.1 Å². The molecule has 0 atom stereocenters. The summed E-state index contributed by atoms with van der Waals surface area (Å²) in [6.07, 6.45) is 0. The molecule has 0 unspecified atom stereocenters. The Morgan fingerprint density at radius 3 is 1.31 bits per heavy atom. The maximum atomic E-state index is 6.37. The molecule has 0 spiro atoms. The Balaban J connectivity index is 2.20. The van der Waals surface area contributed by atoms with Crippen LogP contribution < -0.4 is 25.4 Å². The molecule has 0 aliphatic carbocycles. The van der Waals surface area contributed by atoms with E-state index in [9.17, 15) is 0 Å². The van der Waals surface area contributed by atoms with Gasteiger partial charge in [-0.1, -0.05) is 66.7 Å². The SMILES string of the molecule is CC(C)(C)Oc1ccccc1P(c1ccccc1)c1ccccc1OC(C)(C)C. The van der Waals surface area contributed by atoms with Crippen LogP contribution >= 0.6 is 7.92 Å². The van der Waals surface area contributed by atoms with Crippen molar-refractivity contribution >= 4 is 23.8 Å². The van der Waals surface area contributed by atoms with Gasteiger partial charge in [0.2, 0.25) is 0 Å². The standard InChI is InChI=1S/C26H31O2P/c1-25(2,3)27-21-16-10-12-18-23(21)29(20-14-8-7-9-15-20)24-19-13-11-17-22(24)28-26(4,5)6/h7-19H,1-6H3. The monoisotopic (exact) mass is 406 g/mol. The van der Waals surface area contributed by atoms with Gasteiger partial charge in [-0.15, -0.1) is 0 Å². The van der Waals surface area contributed by atoms with Crippen LogP contribution in [0, 0.1) is 0 Å². The summed E-state index contributed by atoms with van der Waals surface area (Å²) in [7, 11) is -0.844. The summed E-state index contributed by atoms with van der Waals surface area (Å²) in [6.45, 7) is 12.5. The van der Waals surface area contributed by atoms with E-state index >= 15 is 0 Å². The Morgan fingerprint density at radius 1 is 0.517 bits per heavy atom. The number of ether oxygens (including phenoxy) is 2. The third kappa shape index (κ3) is 5.84. The van der Waals surface area contributed by atoms with Gasteiger partial charge in [0.1, 0.15) is 22.7 Å². The van der Waals surface area contributed by atoms with E-state index in [1.54, 1.807) is 0 Å². The molecule has 29 heavy (non-hydrogen) atoms. The predicted octanol–water partition coefficient (Wildman–Crippen LogP) is 5.80. The van der Waals surface area contributed by atoms with Gasteiger partial charge in [-0.25, -0.2) is 0 Å². The number of benzene rings is 3. The Bertz CT molecular complexity index is 877. The molecule has 0 radical (unpaired) electrons. The molecule has 0 heterocycles. The Labute approximate surface area is 176 Å². The molecule has 3 rings (SSSR count). The van der Waals surface area contributed by atoms with Gasteiger partial charge in [0.15, 0.2) is 0 Å². The largest absolute Gasteiger partial charge is 0.487 e. The van der Waals surface area contributed by atoms with Crippen LogP contribution in [0.3, 0.4) is 0 Å². The van der Waals surface area contributed by atoms with E-state index in [0.717, 1.165) is 11.5 Å². The summed E-state index contributed by atoms with van der Waals surface area (Å²) in [5.74, 6) is 1.86. The van der Waals surface area contributed by atoms with E-state index in [1.165, 1.54) is 15.9 Å².